The second kappa shape index (κ2) is 8.40. The second-order valence-electron chi connectivity index (χ2n) is 6.87. The fraction of sp³-hybridized carbons (Fsp3) is 0.238. The van der Waals surface area contributed by atoms with Gasteiger partial charge < -0.3 is 10.1 Å². The molecule has 0 saturated heterocycles. The van der Waals surface area contributed by atoms with Gasteiger partial charge in [-0.25, -0.2) is 13.6 Å². The highest BCUT2D eigenvalue weighted by Crippen LogP contribution is 2.18. The number of rotatable bonds is 5. The highest BCUT2D eigenvalue weighted by Gasteiger charge is 2.24. The average Bonchev–Trinajstić information content (AvgIpc) is 3.06. The van der Waals surface area contributed by atoms with Crippen LogP contribution in [0.2, 0.25) is 0 Å². The van der Waals surface area contributed by atoms with Crippen LogP contribution in [-0.2, 0) is 9.53 Å². The zero-order valence-electron chi connectivity index (χ0n) is 16.9. The maximum absolute atomic E-state index is 13.7. The molecular weight excluding hydrogens is 394 g/mol. The molecule has 1 heterocycles. The van der Waals surface area contributed by atoms with Crippen LogP contribution in [-0.4, -0.2) is 33.0 Å². The molecule has 2 aromatic carbocycles. The Kier molecular flexibility index (Phi) is 5.91. The van der Waals surface area contributed by atoms with E-state index in [9.17, 15) is 18.4 Å². The first-order valence-electron chi connectivity index (χ1n) is 9.14. The van der Waals surface area contributed by atoms with Gasteiger partial charge in [0.05, 0.1) is 17.1 Å². The molecule has 0 fully saturated rings. The predicted molar refractivity (Wildman–Crippen MR) is 105 cm³/mol. The van der Waals surface area contributed by atoms with Crippen LogP contribution in [0.4, 0.5) is 14.5 Å². The molecule has 1 atom stereocenters. The summed E-state index contributed by atoms with van der Waals surface area (Å²) in [4.78, 5) is 26.0. The maximum atomic E-state index is 13.7. The van der Waals surface area contributed by atoms with Gasteiger partial charge in [0.25, 0.3) is 5.91 Å². The van der Waals surface area contributed by atoms with Crippen molar-refractivity contribution in [2.75, 3.05) is 5.32 Å². The number of hydrogen-bond donors (Lipinski definition) is 1. The van der Waals surface area contributed by atoms with Crippen molar-refractivity contribution in [2.45, 2.75) is 33.8 Å². The number of anilines is 1. The molecule has 1 N–H and O–H groups in total. The zero-order chi connectivity index (χ0) is 22.0. The van der Waals surface area contributed by atoms with Crippen molar-refractivity contribution in [1.82, 2.24) is 15.0 Å². The second-order valence-corrected chi connectivity index (χ2v) is 6.87. The van der Waals surface area contributed by atoms with E-state index in [0.29, 0.717) is 11.4 Å². The van der Waals surface area contributed by atoms with Gasteiger partial charge in [-0.15, -0.1) is 5.10 Å². The number of halogens is 2. The molecule has 7 nitrogen and oxygen atoms in total. The number of carbonyl (C=O) groups excluding carboxylic acids is 2. The van der Waals surface area contributed by atoms with Crippen LogP contribution < -0.4 is 5.32 Å². The van der Waals surface area contributed by atoms with Crippen LogP contribution in [0.3, 0.4) is 0 Å². The Morgan fingerprint density at radius 3 is 2.50 bits per heavy atom. The molecule has 0 spiro atoms. The fourth-order valence-electron chi connectivity index (χ4n) is 2.80. The number of benzene rings is 2. The van der Waals surface area contributed by atoms with Crippen LogP contribution in [0.1, 0.15) is 34.2 Å². The molecule has 0 aliphatic carbocycles. The zero-order valence-corrected chi connectivity index (χ0v) is 16.9. The number of aryl methyl sites for hydroxylation is 3. The smallest absolute Gasteiger partial charge is 0.361 e. The number of esters is 1. The highest BCUT2D eigenvalue weighted by atomic mass is 19.1. The third-order valence-electron chi connectivity index (χ3n) is 4.38. The molecule has 0 aliphatic rings. The molecule has 0 bridgehead atoms. The summed E-state index contributed by atoms with van der Waals surface area (Å²) in [6.07, 6.45) is -1.27. The monoisotopic (exact) mass is 414 g/mol. The number of hydrogen-bond acceptors (Lipinski definition) is 5. The largest absolute Gasteiger partial charge is 0.448 e. The van der Waals surface area contributed by atoms with Gasteiger partial charge in [-0.3, -0.25) is 4.79 Å². The highest BCUT2D eigenvalue weighted by molar-refractivity contribution is 5.97. The number of ether oxygens (including phenoxy) is 1. The van der Waals surface area contributed by atoms with Crippen molar-refractivity contribution in [3.05, 3.63) is 70.5 Å². The summed E-state index contributed by atoms with van der Waals surface area (Å²) in [5, 5.41) is 10.6. The molecule has 0 saturated carbocycles. The van der Waals surface area contributed by atoms with Crippen LogP contribution in [0.5, 0.6) is 0 Å². The molecule has 156 valence electrons. The summed E-state index contributed by atoms with van der Waals surface area (Å²) < 4.78 is 32.1. The Balaban J connectivity index is 1.73. The van der Waals surface area contributed by atoms with Gasteiger partial charge in [0.15, 0.2) is 11.8 Å². The number of aromatic nitrogens is 3. The van der Waals surface area contributed by atoms with Crippen molar-refractivity contribution >= 4 is 17.6 Å². The Bertz CT molecular complexity index is 1130. The van der Waals surface area contributed by atoms with Gasteiger partial charge in [-0.2, -0.15) is 9.90 Å². The quantitative estimate of drug-likeness (QED) is 0.644. The molecular formula is C21H20F2N4O3. The van der Waals surface area contributed by atoms with Crippen molar-refractivity contribution in [1.29, 1.82) is 0 Å². The topological polar surface area (TPSA) is 86.1 Å². The maximum Gasteiger partial charge on any atom is 0.361 e. The first-order valence-corrected chi connectivity index (χ1v) is 9.14. The molecule has 1 aromatic heterocycles. The molecule has 3 rings (SSSR count). The van der Waals surface area contributed by atoms with Gasteiger partial charge in [0, 0.05) is 6.07 Å². The van der Waals surface area contributed by atoms with E-state index in [0.717, 1.165) is 29.3 Å². The van der Waals surface area contributed by atoms with E-state index in [4.69, 9.17) is 4.74 Å². The number of carbonyl (C=O) groups is 2. The Morgan fingerprint density at radius 2 is 1.80 bits per heavy atom. The Hall–Kier alpha value is -3.62. The summed E-state index contributed by atoms with van der Waals surface area (Å²) in [6, 6.07) is 8.35. The minimum atomic E-state index is -1.27. The number of amides is 1. The van der Waals surface area contributed by atoms with Crippen molar-refractivity contribution in [3.63, 3.8) is 0 Å². The van der Waals surface area contributed by atoms with E-state index >= 15 is 0 Å². The van der Waals surface area contributed by atoms with E-state index in [1.807, 2.05) is 32.0 Å². The SMILES string of the molecule is Cc1ccc(-n2nc(C)c(C(=O)O[C@@H](C)C(=O)Nc3cc(F)ccc3F)n2)c(C)c1. The first kappa shape index (κ1) is 21.1. The third-order valence-corrected chi connectivity index (χ3v) is 4.38. The average molecular weight is 414 g/mol. The summed E-state index contributed by atoms with van der Waals surface area (Å²) in [6.45, 7) is 6.77. The van der Waals surface area contributed by atoms with Gasteiger partial charge in [0.2, 0.25) is 0 Å². The van der Waals surface area contributed by atoms with E-state index in [-0.39, 0.29) is 11.4 Å². The van der Waals surface area contributed by atoms with Crippen LogP contribution in [0.25, 0.3) is 5.69 Å². The van der Waals surface area contributed by atoms with E-state index in [1.165, 1.54) is 11.7 Å². The first-order chi connectivity index (χ1) is 14.2. The van der Waals surface area contributed by atoms with Gasteiger partial charge >= 0.3 is 5.97 Å². The Morgan fingerprint density at radius 1 is 1.07 bits per heavy atom. The molecule has 9 heteroatoms. The van der Waals surface area contributed by atoms with E-state index < -0.39 is 29.6 Å². The van der Waals surface area contributed by atoms with E-state index in [1.54, 1.807) is 6.92 Å². The number of nitrogens with one attached hydrogen (secondary N) is 1. The standard InChI is InChI=1S/C21H20F2N4O3/c1-11-5-8-18(12(2)9-11)27-25-13(3)19(26-27)21(29)30-14(4)20(28)24-17-10-15(22)6-7-16(17)23/h5-10,14H,1-4H3,(H,24,28)/t14-/m0/s1. The Labute approximate surface area is 171 Å². The van der Waals surface area contributed by atoms with Crippen molar-refractivity contribution < 1.29 is 23.1 Å². The van der Waals surface area contributed by atoms with Crippen molar-refractivity contribution in [3.8, 4) is 5.69 Å². The number of nitrogens with zero attached hydrogens (tertiary/aromatic N) is 3. The molecule has 1 amide bonds. The van der Waals surface area contributed by atoms with Crippen LogP contribution >= 0.6 is 0 Å². The predicted octanol–water partition coefficient (Wildman–Crippen LogP) is 3.65. The minimum absolute atomic E-state index is 0.0495. The molecule has 0 unspecified atom stereocenters. The normalized spacial score (nSPS) is 11.8. The lowest BCUT2D eigenvalue weighted by Crippen LogP contribution is -2.30. The summed E-state index contributed by atoms with van der Waals surface area (Å²) in [7, 11) is 0. The van der Waals surface area contributed by atoms with Gasteiger partial charge in [-0.1, -0.05) is 17.7 Å². The van der Waals surface area contributed by atoms with Crippen LogP contribution in [0.15, 0.2) is 36.4 Å². The molecule has 30 heavy (non-hydrogen) atoms. The molecule has 0 radical (unpaired) electrons. The fourth-order valence-corrected chi connectivity index (χ4v) is 2.80. The van der Waals surface area contributed by atoms with Gasteiger partial charge in [-0.05, 0) is 51.5 Å². The van der Waals surface area contributed by atoms with Crippen LogP contribution in [0, 0.1) is 32.4 Å². The molecule has 0 aliphatic heterocycles. The molecule has 3 aromatic rings. The minimum Gasteiger partial charge on any atom is -0.448 e. The van der Waals surface area contributed by atoms with Gasteiger partial charge in [0.1, 0.15) is 11.6 Å². The lowest BCUT2D eigenvalue weighted by molar-refractivity contribution is -0.123. The summed E-state index contributed by atoms with van der Waals surface area (Å²) >= 11 is 0. The lowest BCUT2D eigenvalue weighted by atomic mass is 10.1. The van der Waals surface area contributed by atoms with Crippen molar-refractivity contribution in [2.24, 2.45) is 0 Å². The lowest BCUT2D eigenvalue weighted by Gasteiger charge is -2.13. The third kappa shape index (κ3) is 4.51. The van der Waals surface area contributed by atoms with E-state index in [2.05, 4.69) is 15.5 Å². The summed E-state index contributed by atoms with van der Waals surface area (Å²) in [5.74, 6) is -3.19. The summed E-state index contributed by atoms with van der Waals surface area (Å²) in [5.41, 5.74) is 2.63.